The van der Waals surface area contributed by atoms with Crippen LogP contribution in [-0.4, -0.2) is 26.1 Å². The summed E-state index contributed by atoms with van der Waals surface area (Å²) in [6, 6.07) is 23.2. The highest BCUT2D eigenvalue weighted by atomic mass is 32.2. The molecule has 0 aliphatic carbocycles. The second kappa shape index (κ2) is 9.72. The molecule has 6 nitrogen and oxygen atoms in total. The van der Waals surface area contributed by atoms with E-state index < -0.39 is 0 Å². The van der Waals surface area contributed by atoms with Crippen LogP contribution in [0.1, 0.15) is 27.3 Å². The third-order valence-corrected chi connectivity index (χ3v) is 6.25. The Bertz CT molecular complexity index is 1490. The highest BCUT2D eigenvalue weighted by Gasteiger charge is 2.14. The number of H-pyrrole nitrogens is 1. The van der Waals surface area contributed by atoms with Crippen LogP contribution in [0, 0.1) is 6.92 Å². The molecule has 0 spiro atoms. The lowest BCUT2D eigenvalue weighted by atomic mass is 10.2. The fourth-order valence-corrected chi connectivity index (χ4v) is 4.49. The normalized spacial score (nSPS) is 11.2. The highest BCUT2D eigenvalue weighted by molar-refractivity contribution is 7.99. The quantitative estimate of drug-likeness (QED) is 0.312. The number of nitrogens with one attached hydrogen (secondary N) is 2. The van der Waals surface area contributed by atoms with E-state index in [2.05, 4.69) is 25.5 Å². The topological polar surface area (TPSA) is 83.6 Å². The van der Waals surface area contributed by atoms with Gasteiger partial charge in [-0.2, -0.15) is 5.10 Å². The molecule has 2 aromatic carbocycles. The van der Waals surface area contributed by atoms with E-state index in [1.165, 1.54) is 11.8 Å². The number of benzene rings is 2. The molecule has 0 radical (unpaired) electrons. The zero-order chi connectivity index (χ0) is 23.3. The van der Waals surface area contributed by atoms with Gasteiger partial charge in [-0.3, -0.25) is 14.9 Å². The number of amides is 1. The zero-order valence-electron chi connectivity index (χ0n) is 18.4. The Morgan fingerprint density at radius 3 is 2.68 bits per heavy atom. The van der Waals surface area contributed by atoms with Crippen molar-refractivity contribution in [3.8, 4) is 0 Å². The molecule has 0 saturated carbocycles. The first-order valence-corrected chi connectivity index (χ1v) is 11.6. The molecule has 0 aliphatic heterocycles. The largest absolute Gasteiger partial charge is 0.307 e. The lowest BCUT2D eigenvalue weighted by Gasteiger charge is -2.10. The standard InChI is InChI=1S/C27H21N5OS/c1-18-13-15-29-26(16-18)30-27(33)22-7-2-3-8-25(22)34-20-10-11-21-23(31-32-24(21)17-20)12-9-19-6-4-5-14-28-19/h2-17H,1H3,(H,31,32)(H,29,30,33)/b12-9+. The van der Waals surface area contributed by atoms with Gasteiger partial charge in [0.25, 0.3) is 5.91 Å². The summed E-state index contributed by atoms with van der Waals surface area (Å²) in [7, 11) is 0. The average Bonchev–Trinajstić information content (AvgIpc) is 3.26. The first-order valence-electron chi connectivity index (χ1n) is 10.7. The van der Waals surface area contributed by atoms with Crippen molar-refractivity contribution in [3.05, 3.63) is 108 Å². The molecule has 7 heteroatoms. The predicted octanol–water partition coefficient (Wildman–Crippen LogP) is 6.24. The average molecular weight is 464 g/mol. The van der Waals surface area contributed by atoms with Crippen molar-refractivity contribution in [1.82, 2.24) is 20.2 Å². The molecular weight excluding hydrogens is 442 g/mol. The number of hydrogen-bond donors (Lipinski definition) is 2. The van der Waals surface area contributed by atoms with Crippen molar-refractivity contribution in [2.24, 2.45) is 0 Å². The number of aromatic nitrogens is 4. The summed E-state index contributed by atoms with van der Waals surface area (Å²) in [6.07, 6.45) is 7.34. The maximum absolute atomic E-state index is 12.9. The number of pyridine rings is 2. The van der Waals surface area contributed by atoms with Crippen molar-refractivity contribution < 1.29 is 4.79 Å². The van der Waals surface area contributed by atoms with Gasteiger partial charge in [0.1, 0.15) is 5.82 Å². The van der Waals surface area contributed by atoms with Gasteiger partial charge >= 0.3 is 0 Å². The Balaban J connectivity index is 1.36. The van der Waals surface area contributed by atoms with Gasteiger partial charge in [-0.1, -0.05) is 30.0 Å². The van der Waals surface area contributed by atoms with Crippen LogP contribution in [0.4, 0.5) is 5.82 Å². The van der Waals surface area contributed by atoms with Crippen molar-refractivity contribution >= 4 is 46.5 Å². The summed E-state index contributed by atoms with van der Waals surface area (Å²) < 4.78 is 0. The van der Waals surface area contributed by atoms with E-state index in [0.29, 0.717) is 11.4 Å². The minimum Gasteiger partial charge on any atom is -0.307 e. The van der Waals surface area contributed by atoms with E-state index in [9.17, 15) is 4.79 Å². The fourth-order valence-electron chi connectivity index (χ4n) is 3.51. The number of rotatable bonds is 6. The number of carbonyl (C=O) groups excluding carboxylic acids is 1. The minimum absolute atomic E-state index is 0.189. The molecular formula is C27H21N5OS. The van der Waals surface area contributed by atoms with E-state index in [1.54, 1.807) is 12.4 Å². The number of aromatic amines is 1. The first kappa shape index (κ1) is 21.6. The van der Waals surface area contributed by atoms with Crippen molar-refractivity contribution in [1.29, 1.82) is 0 Å². The molecule has 3 aromatic heterocycles. The summed E-state index contributed by atoms with van der Waals surface area (Å²) in [5.74, 6) is 0.348. The molecule has 3 heterocycles. The van der Waals surface area contributed by atoms with Gasteiger partial charge in [-0.15, -0.1) is 0 Å². The lowest BCUT2D eigenvalue weighted by molar-refractivity contribution is 0.102. The fraction of sp³-hybridized carbons (Fsp3) is 0.0370. The molecule has 0 saturated heterocycles. The van der Waals surface area contributed by atoms with Gasteiger partial charge in [0.15, 0.2) is 0 Å². The molecule has 5 aromatic rings. The van der Waals surface area contributed by atoms with Crippen LogP contribution >= 0.6 is 11.8 Å². The molecule has 2 N–H and O–H groups in total. The number of hydrogen-bond acceptors (Lipinski definition) is 5. The van der Waals surface area contributed by atoms with Crippen LogP contribution in [0.25, 0.3) is 23.1 Å². The van der Waals surface area contributed by atoms with E-state index >= 15 is 0 Å². The summed E-state index contributed by atoms with van der Waals surface area (Å²) >= 11 is 1.53. The molecule has 34 heavy (non-hydrogen) atoms. The number of aryl methyl sites for hydroxylation is 1. The Kier molecular flexibility index (Phi) is 6.18. The van der Waals surface area contributed by atoms with Crippen LogP contribution in [0.15, 0.2) is 95.0 Å². The van der Waals surface area contributed by atoms with Crippen LogP contribution < -0.4 is 5.32 Å². The zero-order valence-corrected chi connectivity index (χ0v) is 19.2. The molecule has 5 rings (SSSR count). The van der Waals surface area contributed by atoms with Gasteiger partial charge in [0, 0.05) is 27.6 Å². The number of fused-ring (bicyclic) bond motifs is 1. The van der Waals surface area contributed by atoms with E-state index in [4.69, 9.17) is 0 Å². The molecule has 1 amide bonds. The van der Waals surface area contributed by atoms with Gasteiger partial charge in [-0.25, -0.2) is 4.98 Å². The van der Waals surface area contributed by atoms with Crippen LogP contribution in [0.3, 0.4) is 0 Å². The maximum atomic E-state index is 12.9. The second-order valence-electron chi connectivity index (χ2n) is 7.67. The summed E-state index contributed by atoms with van der Waals surface area (Å²) in [6.45, 7) is 1.96. The number of nitrogens with zero attached hydrogens (tertiary/aromatic N) is 3. The van der Waals surface area contributed by atoms with Gasteiger partial charge in [-0.05, 0) is 79.2 Å². The SMILES string of the molecule is Cc1ccnc(NC(=O)c2ccccc2Sc2ccc3c(/C=C/c4ccccn4)n[nH]c3c2)c1. The molecule has 0 unspecified atom stereocenters. The maximum Gasteiger partial charge on any atom is 0.257 e. The van der Waals surface area contributed by atoms with Crippen LogP contribution in [-0.2, 0) is 0 Å². The van der Waals surface area contributed by atoms with Gasteiger partial charge < -0.3 is 5.32 Å². The third-order valence-electron chi connectivity index (χ3n) is 5.18. The molecule has 0 atom stereocenters. The monoisotopic (exact) mass is 463 g/mol. The van der Waals surface area contributed by atoms with Gasteiger partial charge in [0.2, 0.25) is 0 Å². The van der Waals surface area contributed by atoms with Crippen molar-refractivity contribution in [3.63, 3.8) is 0 Å². The minimum atomic E-state index is -0.189. The van der Waals surface area contributed by atoms with Crippen LogP contribution in [0.5, 0.6) is 0 Å². The Labute approximate surface area is 201 Å². The van der Waals surface area contributed by atoms with Gasteiger partial charge in [0.05, 0.1) is 22.5 Å². The van der Waals surface area contributed by atoms with E-state index in [0.717, 1.165) is 37.6 Å². The Morgan fingerprint density at radius 1 is 0.941 bits per heavy atom. The second-order valence-corrected chi connectivity index (χ2v) is 8.79. The predicted molar refractivity (Wildman–Crippen MR) is 137 cm³/mol. The molecule has 166 valence electrons. The van der Waals surface area contributed by atoms with Crippen LogP contribution in [0.2, 0.25) is 0 Å². The molecule has 0 bridgehead atoms. The summed E-state index contributed by atoms with van der Waals surface area (Å²) in [5, 5.41) is 11.5. The summed E-state index contributed by atoms with van der Waals surface area (Å²) in [5.41, 5.74) is 4.29. The Morgan fingerprint density at radius 2 is 1.82 bits per heavy atom. The number of carbonyl (C=O) groups is 1. The molecule has 0 fully saturated rings. The molecule has 0 aliphatic rings. The third kappa shape index (κ3) is 4.89. The number of anilines is 1. The summed E-state index contributed by atoms with van der Waals surface area (Å²) in [4.78, 5) is 23.4. The van der Waals surface area contributed by atoms with E-state index in [-0.39, 0.29) is 5.91 Å². The smallest absolute Gasteiger partial charge is 0.257 e. The Hall–Kier alpha value is -4.23. The van der Waals surface area contributed by atoms with Crippen molar-refractivity contribution in [2.45, 2.75) is 16.7 Å². The van der Waals surface area contributed by atoms with Crippen molar-refractivity contribution in [2.75, 3.05) is 5.32 Å². The van der Waals surface area contributed by atoms with E-state index in [1.807, 2.05) is 91.9 Å². The lowest BCUT2D eigenvalue weighted by Crippen LogP contribution is -2.14. The first-order chi connectivity index (χ1) is 16.7. The highest BCUT2D eigenvalue weighted by Crippen LogP contribution is 2.33.